The SMILES string of the molecule is CS(=O)(=O)N1CCN(C(=O)COc2ccccc2Cc2ccccc2)CC1. The number of hydrogen-bond donors (Lipinski definition) is 0. The monoisotopic (exact) mass is 388 g/mol. The van der Waals surface area contributed by atoms with Crippen LogP contribution < -0.4 is 4.74 Å². The van der Waals surface area contributed by atoms with Gasteiger partial charge < -0.3 is 9.64 Å². The summed E-state index contributed by atoms with van der Waals surface area (Å²) in [7, 11) is -3.20. The number of benzene rings is 2. The molecule has 0 spiro atoms. The fraction of sp³-hybridized carbons (Fsp3) is 0.350. The summed E-state index contributed by atoms with van der Waals surface area (Å²) in [6, 6.07) is 17.8. The Hall–Kier alpha value is -2.38. The van der Waals surface area contributed by atoms with E-state index in [4.69, 9.17) is 4.74 Å². The quantitative estimate of drug-likeness (QED) is 0.756. The lowest BCUT2D eigenvalue weighted by molar-refractivity contribution is -0.134. The van der Waals surface area contributed by atoms with E-state index in [2.05, 4.69) is 12.1 Å². The summed E-state index contributed by atoms with van der Waals surface area (Å²) >= 11 is 0. The molecule has 144 valence electrons. The highest BCUT2D eigenvalue weighted by molar-refractivity contribution is 7.88. The molecule has 0 saturated carbocycles. The van der Waals surface area contributed by atoms with Gasteiger partial charge in [-0.3, -0.25) is 4.79 Å². The molecule has 0 aromatic heterocycles. The van der Waals surface area contributed by atoms with Crippen molar-refractivity contribution in [2.45, 2.75) is 6.42 Å². The summed E-state index contributed by atoms with van der Waals surface area (Å²) < 4.78 is 30.3. The van der Waals surface area contributed by atoms with Gasteiger partial charge in [0.15, 0.2) is 6.61 Å². The third-order valence-corrected chi connectivity index (χ3v) is 5.92. The van der Waals surface area contributed by atoms with E-state index in [1.807, 2.05) is 42.5 Å². The molecule has 0 N–H and O–H groups in total. The van der Waals surface area contributed by atoms with Crippen LogP contribution in [0.25, 0.3) is 0 Å². The fourth-order valence-corrected chi connectivity index (χ4v) is 3.93. The van der Waals surface area contributed by atoms with Crippen LogP contribution in [-0.4, -0.2) is 62.6 Å². The maximum atomic E-state index is 12.4. The first-order valence-electron chi connectivity index (χ1n) is 8.91. The van der Waals surface area contributed by atoms with E-state index >= 15 is 0 Å². The van der Waals surface area contributed by atoms with E-state index in [0.717, 1.165) is 12.0 Å². The highest BCUT2D eigenvalue weighted by atomic mass is 32.2. The predicted molar refractivity (Wildman–Crippen MR) is 104 cm³/mol. The topological polar surface area (TPSA) is 66.9 Å². The molecule has 1 saturated heterocycles. The summed E-state index contributed by atoms with van der Waals surface area (Å²) in [5, 5.41) is 0. The highest BCUT2D eigenvalue weighted by Gasteiger charge is 2.26. The van der Waals surface area contributed by atoms with E-state index in [1.54, 1.807) is 4.90 Å². The zero-order valence-corrected chi connectivity index (χ0v) is 16.2. The van der Waals surface area contributed by atoms with E-state index < -0.39 is 10.0 Å². The second-order valence-corrected chi connectivity index (χ2v) is 8.58. The van der Waals surface area contributed by atoms with Crippen molar-refractivity contribution in [3.63, 3.8) is 0 Å². The van der Waals surface area contributed by atoms with Crippen LogP contribution in [0.5, 0.6) is 5.75 Å². The molecule has 1 aliphatic heterocycles. The van der Waals surface area contributed by atoms with Crippen molar-refractivity contribution in [3.8, 4) is 5.75 Å². The zero-order chi connectivity index (χ0) is 19.3. The Kier molecular flexibility index (Phi) is 6.13. The minimum atomic E-state index is -3.20. The molecule has 3 rings (SSSR count). The molecular weight excluding hydrogens is 364 g/mol. The average molecular weight is 388 g/mol. The van der Waals surface area contributed by atoms with Crippen LogP contribution in [0.15, 0.2) is 54.6 Å². The Morgan fingerprint density at radius 3 is 2.26 bits per heavy atom. The van der Waals surface area contributed by atoms with Gasteiger partial charge in [-0.15, -0.1) is 0 Å². The molecule has 0 radical (unpaired) electrons. The van der Waals surface area contributed by atoms with Crippen LogP contribution in [0.1, 0.15) is 11.1 Å². The number of para-hydroxylation sites is 1. The van der Waals surface area contributed by atoms with Gasteiger partial charge in [-0.2, -0.15) is 4.31 Å². The molecule has 1 aliphatic rings. The van der Waals surface area contributed by atoms with E-state index in [-0.39, 0.29) is 12.5 Å². The van der Waals surface area contributed by atoms with Gasteiger partial charge in [0.25, 0.3) is 5.91 Å². The number of hydrogen-bond acceptors (Lipinski definition) is 4. The molecule has 0 aliphatic carbocycles. The zero-order valence-electron chi connectivity index (χ0n) is 15.4. The maximum absolute atomic E-state index is 12.4. The van der Waals surface area contributed by atoms with Crippen LogP contribution >= 0.6 is 0 Å². The van der Waals surface area contributed by atoms with Gasteiger partial charge in [0.1, 0.15) is 5.75 Å². The van der Waals surface area contributed by atoms with Gasteiger partial charge in [-0.25, -0.2) is 8.42 Å². The molecule has 1 heterocycles. The van der Waals surface area contributed by atoms with Crippen molar-refractivity contribution in [3.05, 3.63) is 65.7 Å². The van der Waals surface area contributed by atoms with E-state index in [9.17, 15) is 13.2 Å². The number of rotatable bonds is 6. The standard InChI is InChI=1S/C20H24N2O4S/c1-27(24,25)22-13-11-21(12-14-22)20(23)16-26-19-10-6-5-9-18(19)15-17-7-3-2-4-8-17/h2-10H,11-16H2,1H3. The molecule has 1 fully saturated rings. The number of amides is 1. The van der Waals surface area contributed by atoms with Gasteiger partial charge in [-0.05, 0) is 17.2 Å². The molecule has 2 aromatic rings. The fourth-order valence-electron chi connectivity index (χ4n) is 3.11. The molecule has 27 heavy (non-hydrogen) atoms. The smallest absolute Gasteiger partial charge is 0.260 e. The normalized spacial score (nSPS) is 15.5. The van der Waals surface area contributed by atoms with Crippen LogP contribution in [0.4, 0.5) is 0 Å². The third kappa shape index (κ3) is 5.30. The van der Waals surface area contributed by atoms with Gasteiger partial charge in [-0.1, -0.05) is 48.5 Å². The first-order valence-corrected chi connectivity index (χ1v) is 10.8. The third-order valence-electron chi connectivity index (χ3n) is 4.62. The summed E-state index contributed by atoms with van der Waals surface area (Å²) in [4.78, 5) is 14.1. The molecule has 2 aromatic carbocycles. The van der Waals surface area contributed by atoms with Crippen LogP contribution in [0.2, 0.25) is 0 Å². The number of carbonyl (C=O) groups is 1. The highest BCUT2D eigenvalue weighted by Crippen LogP contribution is 2.21. The van der Waals surface area contributed by atoms with Crippen LogP contribution in [-0.2, 0) is 21.2 Å². The number of sulfonamides is 1. The molecule has 0 unspecified atom stereocenters. The van der Waals surface area contributed by atoms with Crippen molar-refractivity contribution < 1.29 is 17.9 Å². The number of piperazine rings is 1. The van der Waals surface area contributed by atoms with Crippen molar-refractivity contribution in [1.29, 1.82) is 0 Å². The number of carbonyl (C=O) groups excluding carboxylic acids is 1. The summed E-state index contributed by atoms with van der Waals surface area (Å²) in [5.41, 5.74) is 2.20. The summed E-state index contributed by atoms with van der Waals surface area (Å²) in [5.74, 6) is 0.571. The van der Waals surface area contributed by atoms with Gasteiger partial charge in [0.2, 0.25) is 10.0 Å². The predicted octanol–water partition coefficient (Wildman–Crippen LogP) is 1.76. The Labute approximate surface area is 160 Å². The molecule has 6 nitrogen and oxygen atoms in total. The summed E-state index contributed by atoms with van der Waals surface area (Å²) in [6.45, 7) is 1.39. The first-order chi connectivity index (χ1) is 12.9. The van der Waals surface area contributed by atoms with E-state index in [0.29, 0.717) is 31.9 Å². The second-order valence-electron chi connectivity index (χ2n) is 6.60. The van der Waals surface area contributed by atoms with Crippen molar-refractivity contribution in [1.82, 2.24) is 9.21 Å². The van der Waals surface area contributed by atoms with Crippen LogP contribution in [0, 0.1) is 0 Å². The Morgan fingerprint density at radius 2 is 1.59 bits per heavy atom. The Bertz CT molecular complexity index is 876. The average Bonchev–Trinajstić information content (AvgIpc) is 2.67. The minimum Gasteiger partial charge on any atom is -0.483 e. The van der Waals surface area contributed by atoms with Crippen molar-refractivity contribution >= 4 is 15.9 Å². The van der Waals surface area contributed by atoms with Gasteiger partial charge in [0.05, 0.1) is 6.26 Å². The lowest BCUT2D eigenvalue weighted by Gasteiger charge is -2.33. The maximum Gasteiger partial charge on any atom is 0.260 e. The lowest BCUT2D eigenvalue weighted by Crippen LogP contribution is -2.51. The second kappa shape index (κ2) is 8.54. The lowest BCUT2D eigenvalue weighted by atomic mass is 10.0. The largest absolute Gasteiger partial charge is 0.483 e. The first kappa shape index (κ1) is 19.4. The summed E-state index contributed by atoms with van der Waals surface area (Å²) in [6.07, 6.45) is 1.93. The molecular formula is C20H24N2O4S. The van der Waals surface area contributed by atoms with E-state index in [1.165, 1.54) is 16.1 Å². The molecule has 0 atom stereocenters. The molecule has 1 amide bonds. The van der Waals surface area contributed by atoms with Gasteiger partial charge >= 0.3 is 0 Å². The van der Waals surface area contributed by atoms with Gasteiger partial charge in [0, 0.05) is 32.6 Å². The van der Waals surface area contributed by atoms with Crippen molar-refractivity contribution in [2.24, 2.45) is 0 Å². The number of nitrogens with zero attached hydrogens (tertiary/aromatic N) is 2. The Morgan fingerprint density at radius 1 is 0.963 bits per heavy atom. The minimum absolute atomic E-state index is 0.0509. The number of ether oxygens (including phenoxy) is 1. The van der Waals surface area contributed by atoms with Crippen molar-refractivity contribution in [2.75, 3.05) is 39.0 Å². The molecule has 7 heteroatoms. The van der Waals surface area contributed by atoms with Crippen LogP contribution in [0.3, 0.4) is 0 Å². The molecule has 0 bridgehead atoms. The Balaban J connectivity index is 1.57.